The first-order valence-electron chi connectivity index (χ1n) is 7.96. The van der Waals surface area contributed by atoms with Crippen molar-refractivity contribution in [2.75, 3.05) is 6.54 Å². The molecule has 0 saturated carbocycles. The van der Waals surface area contributed by atoms with E-state index in [0.29, 0.717) is 12.5 Å². The molecule has 1 aromatic heterocycles. The van der Waals surface area contributed by atoms with Gasteiger partial charge in [-0.25, -0.2) is 0 Å². The number of halogens is 1. The summed E-state index contributed by atoms with van der Waals surface area (Å²) in [6.45, 7) is 6.72. The van der Waals surface area contributed by atoms with Gasteiger partial charge in [-0.3, -0.25) is 9.78 Å². The van der Waals surface area contributed by atoms with E-state index in [9.17, 15) is 4.79 Å². The minimum atomic E-state index is -0.0251. The molecule has 0 aliphatic heterocycles. The molecule has 0 saturated heterocycles. The van der Waals surface area contributed by atoms with E-state index in [2.05, 4.69) is 24.1 Å². The van der Waals surface area contributed by atoms with Crippen molar-refractivity contribution in [1.82, 2.24) is 10.3 Å². The molecule has 0 spiro atoms. The Balaban J connectivity index is 1.87. The van der Waals surface area contributed by atoms with Gasteiger partial charge in [0.1, 0.15) is 0 Å². The molecule has 0 fully saturated rings. The van der Waals surface area contributed by atoms with E-state index in [4.69, 9.17) is 11.6 Å². The summed E-state index contributed by atoms with van der Waals surface area (Å²) in [5.74, 6) is 0.287. The van der Waals surface area contributed by atoms with E-state index in [0.717, 1.165) is 34.7 Å². The number of amides is 1. The Morgan fingerprint density at radius 2 is 1.96 bits per heavy atom. The summed E-state index contributed by atoms with van der Waals surface area (Å²) < 4.78 is 0. The van der Waals surface area contributed by atoms with E-state index in [1.165, 1.54) is 5.56 Å². The lowest BCUT2D eigenvalue weighted by Crippen LogP contribution is -2.25. The van der Waals surface area contributed by atoms with Crippen LogP contribution in [-0.2, 0) is 6.42 Å². The topological polar surface area (TPSA) is 42.0 Å². The second-order valence-corrected chi connectivity index (χ2v) is 6.50. The smallest absolute Gasteiger partial charge is 0.251 e. The molecular formula is C19H23ClN2O. The number of aryl methyl sites for hydroxylation is 2. The summed E-state index contributed by atoms with van der Waals surface area (Å²) in [6.07, 6.45) is 3.59. The second-order valence-electron chi connectivity index (χ2n) is 6.06. The van der Waals surface area contributed by atoms with Crippen LogP contribution in [0.25, 0.3) is 0 Å². The van der Waals surface area contributed by atoms with Crippen LogP contribution in [-0.4, -0.2) is 17.4 Å². The predicted molar refractivity (Wildman–Crippen MR) is 95.2 cm³/mol. The number of rotatable bonds is 6. The van der Waals surface area contributed by atoms with Crippen LogP contribution in [0.3, 0.4) is 0 Å². The van der Waals surface area contributed by atoms with Gasteiger partial charge in [-0.05, 0) is 55.0 Å². The van der Waals surface area contributed by atoms with Gasteiger partial charge in [0.15, 0.2) is 0 Å². The highest BCUT2D eigenvalue weighted by Gasteiger charge is 2.11. The molecule has 0 bridgehead atoms. The molecule has 1 N–H and O–H groups in total. The van der Waals surface area contributed by atoms with Crippen molar-refractivity contribution >= 4 is 17.5 Å². The highest BCUT2D eigenvalue weighted by Crippen LogP contribution is 2.16. The lowest BCUT2D eigenvalue weighted by atomic mass is 10.0. The molecule has 3 nitrogen and oxygen atoms in total. The Kier molecular flexibility index (Phi) is 6.17. The van der Waals surface area contributed by atoms with E-state index in [-0.39, 0.29) is 5.91 Å². The van der Waals surface area contributed by atoms with E-state index < -0.39 is 0 Å². The number of pyridine rings is 1. The fraction of sp³-hybridized carbons (Fsp3) is 0.368. The minimum Gasteiger partial charge on any atom is -0.352 e. The van der Waals surface area contributed by atoms with Crippen molar-refractivity contribution in [3.8, 4) is 0 Å². The van der Waals surface area contributed by atoms with Crippen LogP contribution < -0.4 is 5.32 Å². The number of benzene rings is 1. The van der Waals surface area contributed by atoms with Crippen LogP contribution in [0.15, 0.2) is 36.5 Å². The van der Waals surface area contributed by atoms with E-state index >= 15 is 0 Å². The number of nitrogens with zero attached hydrogens (tertiary/aromatic N) is 1. The molecular weight excluding hydrogens is 308 g/mol. The van der Waals surface area contributed by atoms with Gasteiger partial charge >= 0.3 is 0 Å². The highest BCUT2D eigenvalue weighted by atomic mass is 35.5. The SMILES string of the molecule is Cc1cnc(C(C)C)cc1C(=O)NCCCc1ccc(Cl)cc1. The van der Waals surface area contributed by atoms with Crippen molar-refractivity contribution in [3.63, 3.8) is 0 Å². The number of aromatic nitrogens is 1. The molecule has 2 rings (SSSR count). The van der Waals surface area contributed by atoms with Gasteiger partial charge in [-0.2, -0.15) is 0 Å². The van der Waals surface area contributed by atoms with Crippen molar-refractivity contribution in [3.05, 3.63) is 63.9 Å². The van der Waals surface area contributed by atoms with Crippen molar-refractivity contribution in [2.45, 2.75) is 39.5 Å². The van der Waals surface area contributed by atoms with Crippen LogP contribution >= 0.6 is 11.6 Å². The number of hydrogen-bond acceptors (Lipinski definition) is 2. The Labute approximate surface area is 143 Å². The number of nitrogens with one attached hydrogen (secondary N) is 1. The molecule has 1 heterocycles. The molecule has 0 aliphatic carbocycles. The van der Waals surface area contributed by atoms with Gasteiger partial charge in [-0.15, -0.1) is 0 Å². The summed E-state index contributed by atoms with van der Waals surface area (Å²) in [5.41, 5.74) is 3.80. The van der Waals surface area contributed by atoms with E-state index in [1.54, 1.807) is 6.20 Å². The Bertz CT molecular complexity index is 666. The maximum Gasteiger partial charge on any atom is 0.251 e. The first kappa shape index (κ1) is 17.5. The average molecular weight is 331 g/mol. The molecule has 4 heteroatoms. The molecule has 0 atom stereocenters. The summed E-state index contributed by atoms with van der Waals surface area (Å²) >= 11 is 5.87. The number of carbonyl (C=O) groups is 1. The lowest BCUT2D eigenvalue weighted by Gasteiger charge is -2.11. The van der Waals surface area contributed by atoms with Crippen molar-refractivity contribution < 1.29 is 4.79 Å². The van der Waals surface area contributed by atoms with Gasteiger partial charge in [-0.1, -0.05) is 37.6 Å². The molecule has 0 unspecified atom stereocenters. The van der Waals surface area contributed by atoms with Crippen LogP contribution in [0.5, 0.6) is 0 Å². The fourth-order valence-corrected chi connectivity index (χ4v) is 2.47. The maximum absolute atomic E-state index is 12.3. The normalized spacial score (nSPS) is 10.8. The standard InChI is InChI=1S/C19H23ClN2O/c1-13(2)18-11-17(14(3)12-22-18)19(23)21-10-4-5-15-6-8-16(20)9-7-15/h6-9,11-13H,4-5,10H2,1-3H3,(H,21,23). The number of carbonyl (C=O) groups excluding carboxylic acids is 1. The molecule has 0 radical (unpaired) electrons. The van der Waals surface area contributed by atoms with Crippen LogP contribution in [0.2, 0.25) is 5.02 Å². The summed E-state index contributed by atoms with van der Waals surface area (Å²) in [4.78, 5) is 16.7. The third-order valence-corrected chi connectivity index (χ3v) is 4.05. The average Bonchev–Trinajstić information content (AvgIpc) is 2.53. The van der Waals surface area contributed by atoms with Gasteiger partial charge in [0.25, 0.3) is 5.91 Å². The zero-order valence-corrected chi connectivity index (χ0v) is 14.7. The maximum atomic E-state index is 12.3. The zero-order valence-electron chi connectivity index (χ0n) is 13.9. The van der Waals surface area contributed by atoms with Gasteiger partial charge in [0, 0.05) is 29.0 Å². The van der Waals surface area contributed by atoms with Crippen LogP contribution in [0.4, 0.5) is 0 Å². The first-order valence-corrected chi connectivity index (χ1v) is 8.34. The Hall–Kier alpha value is -1.87. The zero-order chi connectivity index (χ0) is 16.8. The van der Waals surface area contributed by atoms with Crippen LogP contribution in [0.1, 0.15) is 53.4 Å². The molecule has 2 aromatic rings. The summed E-state index contributed by atoms with van der Waals surface area (Å²) in [6, 6.07) is 9.72. The molecule has 1 aromatic carbocycles. The minimum absolute atomic E-state index is 0.0251. The molecule has 122 valence electrons. The highest BCUT2D eigenvalue weighted by molar-refractivity contribution is 6.30. The molecule has 0 aliphatic rings. The van der Waals surface area contributed by atoms with Crippen molar-refractivity contribution in [1.29, 1.82) is 0 Å². The summed E-state index contributed by atoms with van der Waals surface area (Å²) in [7, 11) is 0. The van der Waals surface area contributed by atoms with Gasteiger partial charge in [0.05, 0.1) is 0 Å². The molecule has 23 heavy (non-hydrogen) atoms. The fourth-order valence-electron chi connectivity index (χ4n) is 2.34. The first-order chi connectivity index (χ1) is 11.0. The van der Waals surface area contributed by atoms with Crippen LogP contribution in [0, 0.1) is 6.92 Å². The predicted octanol–water partition coefficient (Wildman–Crippen LogP) is 4.53. The Morgan fingerprint density at radius 3 is 2.61 bits per heavy atom. The quantitative estimate of drug-likeness (QED) is 0.791. The third kappa shape index (κ3) is 5.07. The van der Waals surface area contributed by atoms with Gasteiger partial charge in [0.2, 0.25) is 0 Å². The largest absolute Gasteiger partial charge is 0.352 e. The number of hydrogen-bond donors (Lipinski definition) is 1. The monoisotopic (exact) mass is 330 g/mol. The lowest BCUT2D eigenvalue weighted by molar-refractivity contribution is 0.0952. The van der Waals surface area contributed by atoms with E-state index in [1.807, 2.05) is 37.3 Å². The second kappa shape index (κ2) is 8.11. The summed E-state index contributed by atoms with van der Waals surface area (Å²) in [5, 5.41) is 3.74. The molecule has 1 amide bonds. The van der Waals surface area contributed by atoms with Crippen molar-refractivity contribution in [2.24, 2.45) is 0 Å². The third-order valence-electron chi connectivity index (χ3n) is 3.80. The van der Waals surface area contributed by atoms with Gasteiger partial charge < -0.3 is 5.32 Å². The Morgan fingerprint density at radius 1 is 1.26 bits per heavy atom.